The van der Waals surface area contributed by atoms with Crippen molar-refractivity contribution in [2.24, 2.45) is 0 Å². The fraction of sp³-hybridized carbons (Fsp3) is 0.500. The summed E-state index contributed by atoms with van der Waals surface area (Å²) in [5, 5.41) is 4.48. The lowest BCUT2D eigenvalue weighted by Crippen LogP contribution is -2.18. The maximum absolute atomic E-state index is 4.54. The van der Waals surface area contributed by atoms with E-state index in [4.69, 9.17) is 0 Å². The zero-order chi connectivity index (χ0) is 12.6. The van der Waals surface area contributed by atoms with Gasteiger partial charge in [-0.25, -0.2) is 4.98 Å². The SMILES string of the molecule is CCCCCNCCSc1nc2ccccc2[nH]1. The van der Waals surface area contributed by atoms with E-state index in [-0.39, 0.29) is 0 Å². The Morgan fingerprint density at radius 1 is 1.22 bits per heavy atom. The van der Waals surface area contributed by atoms with Crippen molar-refractivity contribution >= 4 is 22.8 Å². The minimum Gasteiger partial charge on any atom is -0.333 e. The highest BCUT2D eigenvalue weighted by molar-refractivity contribution is 7.99. The van der Waals surface area contributed by atoms with Crippen molar-refractivity contribution in [3.63, 3.8) is 0 Å². The monoisotopic (exact) mass is 263 g/mol. The highest BCUT2D eigenvalue weighted by Gasteiger charge is 2.01. The van der Waals surface area contributed by atoms with E-state index in [1.807, 2.05) is 18.2 Å². The topological polar surface area (TPSA) is 40.7 Å². The largest absolute Gasteiger partial charge is 0.333 e. The lowest BCUT2D eigenvalue weighted by atomic mass is 10.2. The molecule has 98 valence electrons. The van der Waals surface area contributed by atoms with E-state index < -0.39 is 0 Å². The van der Waals surface area contributed by atoms with Crippen molar-refractivity contribution in [1.82, 2.24) is 15.3 Å². The first-order valence-corrected chi connectivity index (χ1v) is 7.67. The Morgan fingerprint density at radius 3 is 2.94 bits per heavy atom. The fourth-order valence-electron chi connectivity index (χ4n) is 1.84. The number of nitrogens with one attached hydrogen (secondary N) is 2. The van der Waals surface area contributed by atoms with Crippen LogP contribution in [0.5, 0.6) is 0 Å². The Balaban J connectivity index is 1.67. The first kappa shape index (κ1) is 13.4. The molecule has 2 N–H and O–H groups in total. The van der Waals surface area contributed by atoms with Crippen LogP contribution in [-0.4, -0.2) is 28.8 Å². The first-order valence-electron chi connectivity index (χ1n) is 6.68. The summed E-state index contributed by atoms with van der Waals surface area (Å²) in [6.45, 7) is 4.41. The number of H-pyrrole nitrogens is 1. The van der Waals surface area contributed by atoms with Crippen molar-refractivity contribution in [2.45, 2.75) is 31.3 Å². The van der Waals surface area contributed by atoms with Gasteiger partial charge in [-0.1, -0.05) is 43.7 Å². The number of hydrogen-bond acceptors (Lipinski definition) is 3. The summed E-state index contributed by atoms with van der Waals surface area (Å²) >= 11 is 1.78. The first-order chi connectivity index (χ1) is 8.90. The molecule has 2 rings (SSSR count). The van der Waals surface area contributed by atoms with Gasteiger partial charge in [0, 0.05) is 12.3 Å². The second-order valence-electron chi connectivity index (χ2n) is 4.36. The summed E-state index contributed by atoms with van der Waals surface area (Å²) in [5.41, 5.74) is 2.17. The summed E-state index contributed by atoms with van der Waals surface area (Å²) < 4.78 is 0. The lowest BCUT2D eigenvalue weighted by Gasteiger charge is -2.02. The molecule has 0 fully saturated rings. The normalized spacial score (nSPS) is 11.2. The third kappa shape index (κ3) is 4.03. The smallest absolute Gasteiger partial charge is 0.166 e. The van der Waals surface area contributed by atoms with Crippen LogP contribution in [-0.2, 0) is 0 Å². The number of para-hydroxylation sites is 2. The summed E-state index contributed by atoms with van der Waals surface area (Å²) in [6, 6.07) is 8.16. The predicted octanol–water partition coefficient (Wildman–Crippen LogP) is 3.43. The van der Waals surface area contributed by atoms with Crippen LogP contribution < -0.4 is 5.32 Å². The molecular formula is C14H21N3S. The summed E-state index contributed by atoms with van der Waals surface area (Å²) in [4.78, 5) is 7.87. The number of fused-ring (bicyclic) bond motifs is 1. The van der Waals surface area contributed by atoms with Gasteiger partial charge in [0.05, 0.1) is 11.0 Å². The Kier molecular flexibility index (Phi) is 5.55. The van der Waals surface area contributed by atoms with Gasteiger partial charge in [-0.15, -0.1) is 0 Å². The molecule has 0 saturated carbocycles. The Labute approximate surface area is 113 Å². The molecule has 1 aromatic carbocycles. The third-order valence-corrected chi connectivity index (χ3v) is 3.72. The number of thioether (sulfide) groups is 1. The average Bonchev–Trinajstić information content (AvgIpc) is 2.80. The quantitative estimate of drug-likeness (QED) is 0.566. The number of aromatic nitrogens is 2. The molecule has 0 radical (unpaired) electrons. The second-order valence-corrected chi connectivity index (χ2v) is 5.45. The molecule has 0 aliphatic heterocycles. The van der Waals surface area contributed by atoms with E-state index in [0.29, 0.717) is 0 Å². The van der Waals surface area contributed by atoms with E-state index in [9.17, 15) is 0 Å². The van der Waals surface area contributed by atoms with Crippen molar-refractivity contribution in [3.8, 4) is 0 Å². The molecular weight excluding hydrogens is 242 g/mol. The van der Waals surface area contributed by atoms with E-state index in [0.717, 1.165) is 35.0 Å². The van der Waals surface area contributed by atoms with Crippen LogP contribution in [0.25, 0.3) is 11.0 Å². The highest BCUT2D eigenvalue weighted by Crippen LogP contribution is 2.18. The number of hydrogen-bond donors (Lipinski definition) is 2. The summed E-state index contributed by atoms with van der Waals surface area (Å²) in [5.74, 6) is 1.06. The van der Waals surface area contributed by atoms with Gasteiger partial charge in [-0.05, 0) is 25.1 Å². The van der Waals surface area contributed by atoms with E-state index >= 15 is 0 Å². The number of nitrogens with zero attached hydrogens (tertiary/aromatic N) is 1. The van der Waals surface area contributed by atoms with Crippen LogP contribution in [0.2, 0.25) is 0 Å². The molecule has 0 aliphatic rings. The van der Waals surface area contributed by atoms with Crippen LogP contribution in [0.1, 0.15) is 26.2 Å². The minimum absolute atomic E-state index is 1.02. The third-order valence-electron chi connectivity index (χ3n) is 2.84. The molecule has 0 amide bonds. The second kappa shape index (κ2) is 7.44. The Hall–Kier alpha value is -1.00. The molecule has 0 unspecified atom stereocenters. The number of unbranched alkanes of at least 4 members (excludes halogenated alkanes) is 2. The molecule has 18 heavy (non-hydrogen) atoms. The molecule has 0 spiro atoms. The molecule has 0 bridgehead atoms. The van der Waals surface area contributed by atoms with Gasteiger partial charge in [0.1, 0.15) is 0 Å². The Morgan fingerprint density at radius 2 is 2.11 bits per heavy atom. The maximum Gasteiger partial charge on any atom is 0.166 e. The molecule has 3 nitrogen and oxygen atoms in total. The molecule has 0 saturated heterocycles. The van der Waals surface area contributed by atoms with E-state index in [1.54, 1.807) is 11.8 Å². The van der Waals surface area contributed by atoms with Gasteiger partial charge in [0.2, 0.25) is 0 Å². The number of aromatic amines is 1. The minimum atomic E-state index is 1.02. The number of benzene rings is 1. The van der Waals surface area contributed by atoms with Crippen molar-refractivity contribution in [3.05, 3.63) is 24.3 Å². The zero-order valence-electron chi connectivity index (χ0n) is 10.9. The van der Waals surface area contributed by atoms with Gasteiger partial charge in [-0.3, -0.25) is 0 Å². The van der Waals surface area contributed by atoms with Crippen LogP contribution >= 0.6 is 11.8 Å². The van der Waals surface area contributed by atoms with Crippen LogP contribution in [0.15, 0.2) is 29.4 Å². The van der Waals surface area contributed by atoms with Crippen LogP contribution in [0, 0.1) is 0 Å². The van der Waals surface area contributed by atoms with Crippen molar-refractivity contribution in [1.29, 1.82) is 0 Å². The van der Waals surface area contributed by atoms with Crippen molar-refractivity contribution < 1.29 is 0 Å². The fourth-order valence-corrected chi connectivity index (χ4v) is 2.63. The van der Waals surface area contributed by atoms with Gasteiger partial charge in [0.15, 0.2) is 5.16 Å². The zero-order valence-corrected chi connectivity index (χ0v) is 11.7. The van der Waals surface area contributed by atoms with E-state index in [2.05, 4.69) is 28.3 Å². The summed E-state index contributed by atoms with van der Waals surface area (Å²) in [7, 11) is 0. The highest BCUT2D eigenvalue weighted by atomic mass is 32.2. The standard InChI is InChI=1S/C14H21N3S/c1-2-3-6-9-15-10-11-18-14-16-12-7-4-5-8-13(12)17-14/h4-5,7-8,15H,2-3,6,9-11H2,1H3,(H,16,17). The van der Waals surface area contributed by atoms with Gasteiger partial charge in [0.25, 0.3) is 0 Å². The van der Waals surface area contributed by atoms with E-state index in [1.165, 1.54) is 19.3 Å². The Bertz CT molecular complexity index is 434. The average molecular weight is 263 g/mol. The molecule has 1 heterocycles. The lowest BCUT2D eigenvalue weighted by molar-refractivity contribution is 0.635. The molecule has 2 aromatic rings. The molecule has 4 heteroatoms. The number of imidazole rings is 1. The molecule has 1 aromatic heterocycles. The maximum atomic E-state index is 4.54. The van der Waals surface area contributed by atoms with Gasteiger partial charge in [-0.2, -0.15) is 0 Å². The number of rotatable bonds is 8. The van der Waals surface area contributed by atoms with Gasteiger partial charge < -0.3 is 10.3 Å². The van der Waals surface area contributed by atoms with Crippen molar-refractivity contribution in [2.75, 3.05) is 18.8 Å². The van der Waals surface area contributed by atoms with Gasteiger partial charge >= 0.3 is 0 Å². The summed E-state index contributed by atoms with van der Waals surface area (Å²) in [6.07, 6.45) is 3.89. The molecule has 0 atom stereocenters. The van der Waals surface area contributed by atoms with Crippen LogP contribution in [0.3, 0.4) is 0 Å². The molecule has 0 aliphatic carbocycles. The predicted molar refractivity (Wildman–Crippen MR) is 79.2 cm³/mol. The van der Waals surface area contributed by atoms with Crippen LogP contribution in [0.4, 0.5) is 0 Å².